The lowest BCUT2D eigenvalue weighted by molar-refractivity contribution is 0.138. The van der Waals surface area contributed by atoms with E-state index in [9.17, 15) is 0 Å². The van der Waals surface area contributed by atoms with Crippen LogP contribution in [-0.2, 0) is 7.05 Å². The fraction of sp³-hybridized carbons (Fsp3) is 0.583. The van der Waals surface area contributed by atoms with E-state index >= 15 is 0 Å². The molecule has 1 aromatic heterocycles. The zero-order valence-corrected chi connectivity index (χ0v) is 21.4. The third-order valence-electron chi connectivity index (χ3n) is 6.79. The summed E-state index contributed by atoms with van der Waals surface area (Å²) in [6, 6.07) is 11.3. The Balaban J connectivity index is 0.00000272. The van der Waals surface area contributed by atoms with Crippen molar-refractivity contribution in [1.29, 1.82) is 0 Å². The SMILES string of the molecule is CN=C(NCC(c1ccccc1)N1CCC(C)CC1)N1CCC(c2cnn(C)c2)C1.I. The molecule has 2 fully saturated rings. The second-order valence-corrected chi connectivity index (χ2v) is 8.95. The van der Waals surface area contributed by atoms with Gasteiger partial charge >= 0.3 is 0 Å². The highest BCUT2D eigenvalue weighted by Crippen LogP contribution is 2.28. The Labute approximate surface area is 204 Å². The smallest absolute Gasteiger partial charge is 0.193 e. The molecule has 2 unspecified atom stereocenters. The Kier molecular flexibility index (Phi) is 8.77. The van der Waals surface area contributed by atoms with Gasteiger partial charge < -0.3 is 10.2 Å². The Bertz CT molecular complexity index is 828. The van der Waals surface area contributed by atoms with Crippen LogP contribution in [0, 0.1) is 5.92 Å². The van der Waals surface area contributed by atoms with E-state index in [4.69, 9.17) is 0 Å². The Morgan fingerprint density at radius 1 is 1.16 bits per heavy atom. The molecule has 0 amide bonds. The van der Waals surface area contributed by atoms with Gasteiger partial charge in [-0.3, -0.25) is 14.6 Å². The van der Waals surface area contributed by atoms with Crippen LogP contribution in [0.2, 0.25) is 0 Å². The molecule has 2 aliphatic heterocycles. The van der Waals surface area contributed by atoms with Crippen LogP contribution < -0.4 is 5.32 Å². The Hall–Kier alpha value is -1.61. The number of aromatic nitrogens is 2. The second-order valence-electron chi connectivity index (χ2n) is 8.95. The summed E-state index contributed by atoms with van der Waals surface area (Å²) in [5.41, 5.74) is 2.73. The van der Waals surface area contributed by atoms with Gasteiger partial charge in [-0.05, 0) is 49.4 Å². The molecule has 6 nitrogen and oxygen atoms in total. The normalized spacial score (nSPS) is 21.7. The van der Waals surface area contributed by atoms with Gasteiger partial charge in [0.25, 0.3) is 0 Å². The number of benzene rings is 1. The number of nitrogens with one attached hydrogen (secondary N) is 1. The van der Waals surface area contributed by atoms with Gasteiger partial charge in [0.15, 0.2) is 5.96 Å². The van der Waals surface area contributed by atoms with E-state index in [1.54, 1.807) is 0 Å². The number of likely N-dealkylation sites (tertiary alicyclic amines) is 2. The minimum absolute atomic E-state index is 0. The topological polar surface area (TPSA) is 48.7 Å². The summed E-state index contributed by atoms with van der Waals surface area (Å²) in [5.74, 6) is 2.39. The molecule has 2 saturated heterocycles. The predicted octanol–water partition coefficient (Wildman–Crippen LogP) is 3.88. The van der Waals surface area contributed by atoms with Crippen LogP contribution in [0.4, 0.5) is 0 Å². The summed E-state index contributed by atoms with van der Waals surface area (Å²) in [6.07, 6.45) is 7.88. The maximum Gasteiger partial charge on any atom is 0.193 e. The first-order chi connectivity index (χ1) is 14.6. The van der Waals surface area contributed by atoms with E-state index in [1.165, 1.54) is 37.1 Å². The molecule has 2 atom stereocenters. The lowest BCUT2D eigenvalue weighted by atomic mass is 9.95. The summed E-state index contributed by atoms with van der Waals surface area (Å²) >= 11 is 0. The number of aryl methyl sites for hydroxylation is 1. The fourth-order valence-electron chi connectivity index (χ4n) is 4.87. The number of aliphatic imine (C=N–C) groups is 1. The van der Waals surface area contributed by atoms with Crippen molar-refractivity contribution < 1.29 is 0 Å². The molecule has 1 aromatic carbocycles. The second kappa shape index (κ2) is 11.3. The molecule has 7 heteroatoms. The van der Waals surface area contributed by atoms with E-state index in [0.29, 0.717) is 12.0 Å². The molecule has 0 bridgehead atoms. The van der Waals surface area contributed by atoms with Gasteiger partial charge in [-0.2, -0.15) is 5.10 Å². The molecule has 0 spiro atoms. The van der Waals surface area contributed by atoms with E-state index in [1.807, 2.05) is 25.0 Å². The minimum Gasteiger partial charge on any atom is -0.354 e. The largest absolute Gasteiger partial charge is 0.354 e. The van der Waals surface area contributed by atoms with Crippen molar-refractivity contribution in [2.75, 3.05) is 39.8 Å². The molecule has 3 heterocycles. The molecule has 1 N–H and O–H groups in total. The van der Waals surface area contributed by atoms with E-state index in [-0.39, 0.29) is 24.0 Å². The monoisotopic (exact) mass is 536 g/mol. The number of guanidine groups is 1. The molecule has 170 valence electrons. The van der Waals surface area contributed by atoms with Gasteiger partial charge in [0, 0.05) is 45.8 Å². The molecule has 31 heavy (non-hydrogen) atoms. The summed E-state index contributed by atoms with van der Waals surface area (Å²) in [7, 11) is 3.89. The standard InChI is InChI=1S/C24H36N6.HI/c1-19-9-12-29(13-10-19)23(20-7-5-4-6-8-20)16-26-24(25-2)30-14-11-21(18-30)22-15-27-28(3)17-22;/h4-8,15,17,19,21,23H,9-14,16,18H2,1-3H3,(H,25,26);1H. The third-order valence-corrected chi connectivity index (χ3v) is 6.79. The minimum atomic E-state index is 0. The Morgan fingerprint density at radius 3 is 2.55 bits per heavy atom. The predicted molar refractivity (Wildman–Crippen MR) is 138 cm³/mol. The van der Waals surface area contributed by atoms with Crippen LogP contribution in [0.5, 0.6) is 0 Å². The van der Waals surface area contributed by atoms with Crippen molar-refractivity contribution in [2.24, 2.45) is 18.0 Å². The zero-order chi connectivity index (χ0) is 20.9. The van der Waals surface area contributed by atoms with Crippen LogP contribution in [0.15, 0.2) is 47.7 Å². The van der Waals surface area contributed by atoms with E-state index in [0.717, 1.165) is 37.9 Å². The molecule has 0 radical (unpaired) electrons. The van der Waals surface area contributed by atoms with Crippen molar-refractivity contribution in [3.63, 3.8) is 0 Å². The first kappa shape index (κ1) is 24.0. The molecule has 2 aromatic rings. The summed E-state index contributed by atoms with van der Waals surface area (Å²) in [5, 5.41) is 8.06. The number of hydrogen-bond acceptors (Lipinski definition) is 3. The number of nitrogens with zero attached hydrogens (tertiary/aromatic N) is 5. The van der Waals surface area contributed by atoms with Crippen molar-refractivity contribution in [2.45, 2.75) is 38.1 Å². The number of hydrogen-bond donors (Lipinski definition) is 1. The number of rotatable bonds is 5. The average Bonchev–Trinajstić information content (AvgIpc) is 3.42. The third kappa shape index (κ3) is 6.00. The van der Waals surface area contributed by atoms with Crippen LogP contribution >= 0.6 is 24.0 Å². The molecular formula is C24H37IN6. The molecule has 0 aliphatic carbocycles. The van der Waals surface area contributed by atoms with Crippen LogP contribution in [0.1, 0.15) is 49.3 Å². The number of halogens is 1. The zero-order valence-electron chi connectivity index (χ0n) is 19.1. The van der Waals surface area contributed by atoms with Gasteiger partial charge in [0.1, 0.15) is 0 Å². The van der Waals surface area contributed by atoms with Gasteiger partial charge in [-0.15, -0.1) is 24.0 Å². The van der Waals surface area contributed by atoms with Crippen LogP contribution in [-0.4, -0.2) is 65.3 Å². The Morgan fingerprint density at radius 2 is 1.90 bits per heavy atom. The molecule has 2 aliphatic rings. The van der Waals surface area contributed by atoms with Crippen LogP contribution in [0.25, 0.3) is 0 Å². The lowest BCUT2D eigenvalue weighted by Gasteiger charge is -2.37. The summed E-state index contributed by atoms with van der Waals surface area (Å²) < 4.78 is 1.90. The van der Waals surface area contributed by atoms with Crippen molar-refractivity contribution in [3.8, 4) is 0 Å². The van der Waals surface area contributed by atoms with Gasteiger partial charge in [-0.1, -0.05) is 37.3 Å². The first-order valence-electron chi connectivity index (χ1n) is 11.4. The van der Waals surface area contributed by atoms with Gasteiger partial charge in [-0.25, -0.2) is 0 Å². The van der Waals surface area contributed by atoms with Crippen molar-refractivity contribution in [1.82, 2.24) is 24.9 Å². The molecule has 4 rings (SSSR count). The summed E-state index contributed by atoms with van der Waals surface area (Å²) in [4.78, 5) is 9.67. The lowest BCUT2D eigenvalue weighted by Crippen LogP contribution is -2.46. The van der Waals surface area contributed by atoms with Gasteiger partial charge in [0.2, 0.25) is 0 Å². The van der Waals surface area contributed by atoms with Gasteiger partial charge in [0.05, 0.1) is 12.2 Å². The molecule has 0 saturated carbocycles. The quantitative estimate of drug-likeness (QED) is 0.358. The highest BCUT2D eigenvalue weighted by Gasteiger charge is 2.29. The molecular weight excluding hydrogens is 499 g/mol. The maximum absolute atomic E-state index is 4.62. The highest BCUT2D eigenvalue weighted by atomic mass is 127. The number of piperidine rings is 1. The maximum atomic E-state index is 4.62. The van der Waals surface area contributed by atoms with Crippen molar-refractivity contribution >= 4 is 29.9 Å². The summed E-state index contributed by atoms with van der Waals surface area (Å²) in [6.45, 7) is 7.65. The highest BCUT2D eigenvalue weighted by molar-refractivity contribution is 14.0. The van der Waals surface area contributed by atoms with Crippen molar-refractivity contribution in [3.05, 3.63) is 53.9 Å². The van der Waals surface area contributed by atoms with E-state index < -0.39 is 0 Å². The van der Waals surface area contributed by atoms with Crippen LogP contribution in [0.3, 0.4) is 0 Å². The average molecular weight is 537 g/mol. The first-order valence-corrected chi connectivity index (χ1v) is 11.4. The fourth-order valence-corrected chi connectivity index (χ4v) is 4.87. The van der Waals surface area contributed by atoms with E-state index in [2.05, 4.69) is 68.7 Å².